The molecule has 0 spiro atoms. The summed E-state index contributed by atoms with van der Waals surface area (Å²) in [6, 6.07) is 13.1. The maximum atomic E-state index is 13.0. The van der Waals surface area contributed by atoms with E-state index in [1.165, 1.54) is 0 Å². The van der Waals surface area contributed by atoms with Crippen LogP contribution in [0.25, 0.3) is 11.0 Å². The van der Waals surface area contributed by atoms with Crippen LogP contribution in [0.1, 0.15) is 29.6 Å². The maximum Gasteiger partial charge on any atom is 0.259 e. The van der Waals surface area contributed by atoms with E-state index in [1.54, 1.807) is 38.6 Å². The van der Waals surface area contributed by atoms with Crippen LogP contribution >= 0.6 is 0 Å². The number of amides is 1. The summed E-state index contributed by atoms with van der Waals surface area (Å²) in [5.41, 5.74) is 2.11. The van der Waals surface area contributed by atoms with E-state index in [4.69, 9.17) is 9.47 Å². The van der Waals surface area contributed by atoms with Crippen molar-refractivity contribution < 1.29 is 14.3 Å². The molecule has 1 heterocycles. The molecule has 0 bridgehead atoms. The van der Waals surface area contributed by atoms with Crippen molar-refractivity contribution in [1.82, 2.24) is 15.3 Å². The highest BCUT2D eigenvalue weighted by molar-refractivity contribution is 6.00. The summed E-state index contributed by atoms with van der Waals surface area (Å²) >= 11 is 0. The highest BCUT2D eigenvalue weighted by atomic mass is 16.5. The summed E-state index contributed by atoms with van der Waals surface area (Å²) < 4.78 is 10.7. The predicted octanol–water partition coefficient (Wildman–Crippen LogP) is 3.41. The van der Waals surface area contributed by atoms with Crippen molar-refractivity contribution in [1.29, 1.82) is 0 Å². The first-order chi connectivity index (χ1) is 14.2. The molecule has 3 aromatic rings. The lowest BCUT2D eigenvalue weighted by Gasteiger charge is -2.23. The Balaban J connectivity index is 1.51. The van der Waals surface area contributed by atoms with Gasteiger partial charge in [0.05, 0.1) is 31.4 Å². The van der Waals surface area contributed by atoms with E-state index in [9.17, 15) is 4.79 Å². The number of para-hydroxylation sites is 2. The molecule has 0 saturated heterocycles. The predicted molar refractivity (Wildman–Crippen MR) is 112 cm³/mol. The van der Waals surface area contributed by atoms with Crippen LogP contribution in [0.15, 0.2) is 48.7 Å². The zero-order valence-corrected chi connectivity index (χ0v) is 16.5. The summed E-state index contributed by atoms with van der Waals surface area (Å²) in [4.78, 5) is 22.1. The number of carbonyl (C=O) groups is 1. The van der Waals surface area contributed by atoms with Gasteiger partial charge in [0.2, 0.25) is 0 Å². The van der Waals surface area contributed by atoms with Gasteiger partial charge in [-0.1, -0.05) is 18.2 Å². The van der Waals surface area contributed by atoms with Crippen molar-refractivity contribution in [3.8, 4) is 11.5 Å². The topological polar surface area (TPSA) is 85.4 Å². The van der Waals surface area contributed by atoms with E-state index < -0.39 is 0 Å². The molecule has 1 amide bonds. The Labute approximate surface area is 169 Å². The average molecular weight is 392 g/mol. The van der Waals surface area contributed by atoms with Gasteiger partial charge in [0.25, 0.3) is 5.91 Å². The van der Waals surface area contributed by atoms with Gasteiger partial charge in [-0.15, -0.1) is 0 Å². The van der Waals surface area contributed by atoms with Gasteiger partial charge in [-0.05, 0) is 43.5 Å². The van der Waals surface area contributed by atoms with Gasteiger partial charge in [-0.3, -0.25) is 9.78 Å². The number of anilines is 1. The molecule has 1 saturated carbocycles. The molecule has 1 aromatic heterocycles. The number of carbonyl (C=O) groups excluding carboxylic acids is 1. The van der Waals surface area contributed by atoms with Gasteiger partial charge in [0.15, 0.2) is 0 Å². The lowest BCUT2D eigenvalue weighted by atomic mass is 10.1. The Morgan fingerprint density at radius 2 is 1.66 bits per heavy atom. The van der Waals surface area contributed by atoms with Gasteiger partial charge >= 0.3 is 0 Å². The molecule has 4 rings (SSSR count). The second kappa shape index (κ2) is 8.34. The summed E-state index contributed by atoms with van der Waals surface area (Å²) in [6.07, 6.45) is 4.60. The molecule has 2 N–H and O–H groups in total. The summed E-state index contributed by atoms with van der Waals surface area (Å²) in [5.74, 6) is 1.49. The zero-order chi connectivity index (χ0) is 20.2. The van der Waals surface area contributed by atoms with Crippen molar-refractivity contribution >= 4 is 22.8 Å². The SMILES string of the molecule is COc1cccc(OC)c1C(=O)N[C@H]1CCC[C@H]1Nc1cnc2ccccc2n1. The first-order valence-electron chi connectivity index (χ1n) is 9.70. The van der Waals surface area contributed by atoms with Gasteiger partial charge in [-0.25, -0.2) is 4.98 Å². The van der Waals surface area contributed by atoms with Crippen LogP contribution in [0.2, 0.25) is 0 Å². The Bertz CT molecular complexity index is 1000. The molecule has 1 aliphatic rings. The number of nitrogens with one attached hydrogen (secondary N) is 2. The van der Waals surface area contributed by atoms with Gasteiger partial charge in [0.1, 0.15) is 22.9 Å². The number of methoxy groups -OCH3 is 2. The van der Waals surface area contributed by atoms with Crippen molar-refractivity contribution in [3.05, 3.63) is 54.2 Å². The van der Waals surface area contributed by atoms with Crippen LogP contribution in [0.3, 0.4) is 0 Å². The van der Waals surface area contributed by atoms with Gasteiger partial charge in [-0.2, -0.15) is 0 Å². The minimum Gasteiger partial charge on any atom is -0.496 e. The third-order valence-electron chi connectivity index (χ3n) is 5.27. The third kappa shape index (κ3) is 3.94. The molecule has 7 nitrogen and oxygen atoms in total. The Hall–Kier alpha value is -3.35. The van der Waals surface area contributed by atoms with Gasteiger partial charge in [0, 0.05) is 12.1 Å². The lowest BCUT2D eigenvalue weighted by molar-refractivity contribution is 0.0929. The first-order valence-corrected chi connectivity index (χ1v) is 9.70. The smallest absolute Gasteiger partial charge is 0.259 e. The Kier molecular flexibility index (Phi) is 5.46. The largest absolute Gasteiger partial charge is 0.496 e. The van der Waals surface area contributed by atoms with Crippen LogP contribution < -0.4 is 20.1 Å². The number of fused-ring (bicyclic) bond motifs is 1. The van der Waals surface area contributed by atoms with Crippen LogP contribution in [0.4, 0.5) is 5.82 Å². The van der Waals surface area contributed by atoms with E-state index >= 15 is 0 Å². The minimum atomic E-state index is -0.206. The standard InChI is InChI=1S/C22H24N4O3/c1-28-18-11-6-12-19(29-2)21(18)22(27)26-17-10-5-9-16(17)25-20-13-23-14-7-3-4-8-15(14)24-20/h3-4,6-8,11-13,16-17H,5,9-10H2,1-2H3,(H,24,25)(H,26,27)/t16-,17+/m1/s1. The molecular formula is C22H24N4O3. The number of benzene rings is 2. The van der Waals surface area contributed by atoms with Crippen LogP contribution in [-0.2, 0) is 0 Å². The van der Waals surface area contributed by atoms with Crippen molar-refractivity contribution in [2.75, 3.05) is 19.5 Å². The molecule has 1 fully saturated rings. The Morgan fingerprint density at radius 3 is 2.38 bits per heavy atom. The van der Waals surface area contributed by atoms with E-state index in [1.807, 2.05) is 24.3 Å². The maximum absolute atomic E-state index is 13.0. The summed E-state index contributed by atoms with van der Waals surface area (Å²) in [5, 5.41) is 6.59. The molecular weight excluding hydrogens is 368 g/mol. The number of hydrogen-bond acceptors (Lipinski definition) is 6. The fourth-order valence-corrected chi connectivity index (χ4v) is 3.84. The zero-order valence-electron chi connectivity index (χ0n) is 16.5. The second-order valence-corrected chi connectivity index (χ2v) is 7.04. The highest BCUT2D eigenvalue weighted by Crippen LogP contribution is 2.29. The highest BCUT2D eigenvalue weighted by Gasteiger charge is 2.30. The van der Waals surface area contributed by atoms with Crippen LogP contribution in [0, 0.1) is 0 Å². The fraction of sp³-hybridized carbons (Fsp3) is 0.318. The molecule has 0 radical (unpaired) electrons. The summed E-state index contributed by atoms with van der Waals surface area (Å²) in [6.45, 7) is 0. The molecule has 1 aliphatic carbocycles. The van der Waals surface area contributed by atoms with E-state index in [0.29, 0.717) is 22.9 Å². The van der Waals surface area contributed by atoms with Crippen LogP contribution in [0.5, 0.6) is 11.5 Å². The van der Waals surface area contributed by atoms with Crippen LogP contribution in [-0.4, -0.2) is 42.2 Å². The molecule has 150 valence electrons. The molecule has 0 aliphatic heterocycles. The second-order valence-electron chi connectivity index (χ2n) is 7.04. The molecule has 2 atom stereocenters. The monoisotopic (exact) mass is 392 g/mol. The quantitative estimate of drug-likeness (QED) is 0.669. The molecule has 7 heteroatoms. The van der Waals surface area contributed by atoms with Crippen molar-refractivity contribution in [2.24, 2.45) is 0 Å². The number of hydrogen-bond donors (Lipinski definition) is 2. The number of nitrogens with zero attached hydrogens (tertiary/aromatic N) is 2. The van der Waals surface area contributed by atoms with E-state index in [0.717, 1.165) is 30.3 Å². The third-order valence-corrected chi connectivity index (χ3v) is 5.27. The number of aromatic nitrogens is 2. The fourth-order valence-electron chi connectivity index (χ4n) is 3.84. The van der Waals surface area contributed by atoms with E-state index in [-0.39, 0.29) is 18.0 Å². The summed E-state index contributed by atoms with van der Waals surface area (Å²) in [7, 11) is 3.09. The number of rotatable bonds is 6. The van der Waals surface area contributed by atoms with Gasteiger partial charge < -0.3 is 20.1 Å². The first kappa shape index (κ1) is 19.0. The van der Waals surface area contributed by atoms with Crippen molar-refractivity contribution in [2.45, 2.75) is 31.3 Å². The minimum absolute atomic E-state index is 0.0228. The number of ether oxygens (including phenoxy) is 2. The normalized spacial score (nSPS) is 18.4. The molecule has 29 heavy (non-hydrogen) atoms. The lowest BCUT2D eigenvalue weighted by Crippen LogP contribution is -2.43. The van der Waals surface area contributed by atoms with Crippen molar-refractivity contribution in [3.63, 3.8) is 0 Å². The average Bonchev–Trinajstić information content (AvgIpc) is 3.19. The molecule has 2 aromatic carbocycles. The Morgan fingerprint density at radius 1 is 0.966 bits per heavy atom. The molecule has 0 unspecified atom stereocenters. The van der Waals surface area contributed by atoms with E-state index in [2.05, 4.69) is 20.6 Å².